The van der Waals surface area contributed by atoms with Crippen molar-refractivity contribution in [2.24, 2.45) is 0 Å². The predicted molar refractivity (Wildman–Crippen MR) is 92.5 cm³/mol. The third kappa shape index (κ3) is 3.81. The van der Waals surface area contributed by atoms with Crippen LogP contribution in [0.4, 0.5) is 0 Å². The van der Waals surface area contributed by atoms with Gasteiger partial charge in [0.25, 0.3) is 0 Å². The summed E-state index contributed by atoms with van der Waals surface area (Å²) in [6, 6.07) is 8.30. The van der Waals surface area contributed by atoms with Gasteiger partial charge < -0.3 is 10.1 Å². The van der Waals surface area contributed by atoms with Crippen molar-refractivity contribution < 1.29 is 9.53 Å². The van der Waals surface area contributed by atoms with Crippen molar-refractivity contribution in [2.45, 2.75) is 29.3 Å². The van der Waals surface area contributed by atoms with Crippen molar-refractivity contribution in [3.63, 3.8) is 0 Å². The highest BCUT2D eigenvalue weighted by Crippen LogP contribution is 2.36. The van der Waals surface area contributed by atoms with Crippen LogP contribution in [0.2, 0.25) is 0 Å². The summed E-state index contributed by atoms with van der Waals surface area (Å²) in [5, 5.41) is 3.33. The lowest BCUT2D eigenvalue weighted by atomic mass is 9.85. The van der Waals surface area contributed by atoms with E-state index in [9.17, 15) is 4.79 Å². The summed E-state index contributed by atoms with van der Waals surface area (Å²) in [5.41, 5.74) is 0.659. The Morgan fingerprint density at radius 1 is 1.32 bits per heavy atom. The molecule has 1 atom stereocenters. The normalized spacial score (nSPS) is 19.7. The van der Waals surface area contributed by atoms with Gasteiger partial charge in [0.05, 0.1) is 0 Å². The quantitative estimate of drug-likeness (QED) is 0.406. The van der Waals surface area contributed by atoms with Crippen LogP contribution in [0.15, 0.2) is 24.3 Å². The largest absolute Gasteiger partial charge is 0.453 e. The van der Waals surface area contributed by atoms with Gasteiger partial charge in [-0.05, 0) is 60.3 Å². The summed E-state index contributed by atoms with van der Waals surface area (Å²) < 4.78 is 6.95. The molecule has 1 aromatic rings. The molecule has 1 aliphatic heterocycles. The number of benzene rings is 1. The van der Waals surface area contributed by atoms with E-state index in [-0.39, 0.29) is 9.89 Å². The van der Waals surface area contributed by atoms with Gasteiger partial charge in [-0.1, -0.05) is 34.7 Å². The average molecular weight is 485 g/mol. The summed E-state index contributed by atoms with van der Waals surface area (Å²) in [7, 11) is 0. The molecule has 0 aromatic heterocycles. The Labute approximate surface area is 141 Å². The van der Waals surface area contributed by atoms with Crippen LogP contribution in [-0.2, 0) is 15.1 Å². The number of carbonyl (C=O) groups excluding carboxylic acids is 1. The maximum atomic E-state index is 12.0. The minimum absolute atomic E-state index is 0.117. The molecule has 1 heterocycles. The first kappa shape index (κ1) is 15.5. The molecule has 1 saturated heterocycles. The van der Waals surface area contributed by atoms with Crippen LogP contribution in [-0.4, -0.2) is 23.0 Å². The number of piperidine rings is 1. The summed E-state index contributed by atoms with van der Waals surface area (Å²) in [6.45, 7) is 3.63. The van der Waals surface area contributed by atoms with Crippen LogP contribution < -0.4 is 5.32 Å². The Hall–Kier alpha value is 0.110. The third-order valence-corrected chi connectivity index (χ3v) is 4.63. The standard InChI is InChI=1S/C14H17I2NO2/c1-10(15)13(18)19-14(6-8-17-9-7-14)11-2-4-12(16)5-3-11/h2-5,10,17H,6-9H2,1H3. The predicted octanol–water partition coefficient (Wildman–Crippen LogP) is 3.24. The van der Waals surface area contributed by atoms with E-state index in [2.05, 4.69) is 74.8 Å². The van der Waals surface area contributed by atoms with E-state index in [1.54, 1.807) is 0 Å². The molecule has 2 rings (SSSR count). The molecule has 0 saturated carbocycles. The maximum absolute atomic E-state index is 12.0. The maximum Gasteiger partial charge on any atom is 0.319 e. The molecule has 1 aliphatic rings. The van der Waals surface area contributed by atoms with E-state index >= 15 is 0 Å². The smallest absolute Gasteiger partial charge is 0.319 e. The van der Waals surface area contributed by atoms with E-state index < -0.39 is 5.60 Å². The van der Waals surface area contributed by atoms with E-state index in [4.69, 9.17) is 4.74 Å². The van der Waals surface area contributed by atoms with Crippen molar-refractivity contribution in [1.29, 1.82) is 0 Å². The molecular weight excluding hydrogens is 468 g/mol. The molecule has 0 bridgehead atoms. The summed E-state index contributed by atoms with van der Waals surface area (Å²) in [4.78, 5) is 12.0. The van der Waals surface area contributed by atoms with Crippen molar-refractivity contribution in [3.8, 4) is 0 Å². The molecular formula is C14H17I2NO2. The Kier molecular flexibility index (Phi) is 5.47. The van der Waals surface area contributed by atoms with Gasteiger partial charge in [-0.3, -0.25) is 4.79 Å². The second kappa shape index (κ2) is 6.71. The molecule has 1 fully saturated rings. The van der Waals surface area contributed by atoms with Crippen LogP contribution in [0, 0.1) is 3.57 Å². The molecule has 0 amide bonds. The number of halogens is 2. The molecule has 0 radical (unpaired) electrons. The van der Waals surface area contributed by atoms with Crippen molar-refractivity contribution in [3.05, 3.63) is 33.4 Å². The number of hydrogen-bond donors (Lipinski definition) is 1. The molecule has 19 heavy (non-hydrogen) atoms. The first-order valence-electron chi connectivity index (χ1n) is 6.37. The van der Waals surface area contributed by atoms with Crippen LogP contribution in [0.25, 0.3) is 0 Å². The van der Waals surface area contributed by atoms with Gasteiger partial charge in [0.1, 0.15) is 9.53 Å². The number of hydrogen-bond acceptors (Lipinski definition) is 3. The number of ether oxygens (including phenoxy) is 1. The zero-order valence-corrected chi connectivity index (χ0v) is 15.1. The van der Waals surface area contributed by atoms with Gasteiger partial charge in [-0.2, -0.15) is 0 Å². The molecule has 0 aliphatic carbocycles. The van der Waals surface area contributed by atoms with Gasteiger partial charge in [-0.15, -0.1) is 0 Å². The van der Waals surface area contributed by atoms with Crippen LogP contribution in [0.5, 0.6) is 0 Å². The first-order chi connectivity index (χ1) is 9.03. The fourth-order valence-corrected chi connectivity index (χ4v) is 2.79. The van der Waals surface area contributed by atoms with Crippen molar-refractivity contribution >= 4 is 51.2 Å². The Morgan fingerprint density at radius 3 is 2.42 bits per heavy atom. The zero-order valence-electron chi connectivity index (χ0n) is 10.8. The Bertz CT molecular complexity index is 439. The molecule has 0 spiro atoms. The average Bonchev–Trinajstić information content (AvgIpc) is 2.40. The Balaban J connectivity index is 2.28. The van der Waals surface area contributed by atoms with E-state index in [0.717, 1.165) is 31.5 Å². The topological polar surface area (TPSA) is 38.3 Å². The number of alkyl halides is 1. The molecule has 1 N–H and O–H groups in total. The summed E-state index contributed by atoms with van der Waals surface area (Å²) in [5.74, 6) is -0.124. The van der Waals surface area contributed by atoms with E-state index in [1.807, 2.05) is 6.92 Å². The number of carbonyl (C=O) groups is 1. The van der Waals surface area contributed by atoms with Crippen LogP contribution in [0.1, 0.15) is 25.3 Å². The summed E-state index contributed by atoms with van der Waals surface area (Å²) in [6.07, 6.45) is 1.67. The van der Waals surface area contributed by atoms with Gasteiger partial charge >= 0.3 is 5.97 Å². The molecule has 3 nitrogen and oxygen atoms in total. The lowest BCUT2D eigenvalue weighted by Gasteiger charge is -2.38. The molecule has 1 unspecified atom stereocenters. The fourth-order valence-electron chi connectivity index (χ4n) is 2.31. The van der Waals surface area contributed by atoms with Crippen molar-refractivity contribution in [2.75, 3.05) is 13.1 Å². The fraction of sp³-hybridized carbons (Fsp3) is 0.500. The lowest BCUT2D eigenvalue weighted by molar-refractivity contribution is -0.162. The number of nitrogens with one attached hydrogen (secondary N) is 1. The highest BCUT2D eigenvalue weighted by molar-refractivity contribution is 14.1. The van der Waals surface area contributed by atoms with E-state index in [0.29, 0.717) is 0 Å². The summed E-state index contributed by atoms with van der Waals surface area (Å²) >= 11 is 4.39. The first-order valence-corrected chi connectivity index (χ1v) is 8.70. The van der Waals surface area contributed by atoms with Gasteiger partial charge in [-0.25, -0.2) is 0 Å². The minimum atomic E-state index is -0.452. The van der Waals surface area contributed by atoms with Gasteiger partial charge in [0.15, 0.2) is 0 Å². The van der Waals surface area contributed by atoms with Crippen LogP contribution in [0.3, 0.4) is 0 Å². The highest BCUT2D eigenvalue weighted by atomic mass is 127. The second-order valence-electron chi connectivity index (χ2n) is 4.79. The lowest BCUT2D eigenvalue weighted by Crippen LogP contribution is -2.44. The van der Waals surface area contributed by atoms with Gasteiger partial charge in [0, 0.05) is 16.4 Å². The van der Waals surface area contributed by atoms with E-state index in [1.165, 1.54) is 3.57 Å². The van der Waals surface area contributed by atoms with Crippen LogP contribution >= 0.6 is 45.2 Å². The minimum Gasteiger partial charge on any atom is -0.453 e. The van der Waals surface area contributed by atoms with Crippen molar-refractivity contribution in [1.82, 2.24) is 5.32 Å². The second-order valence-corrected chi connectivity index (χ2v) is 7.90. The highest BCUT2D eigenvalue weighted by Gasteiger charge is 2.38. The molecule has 5 heteroatoms. The third-order valence-electron chi connectivity index (χ3n) is 3.40. The Morgan fingerprint density at radius 2 is 1.89 bits per heavy atom. The number of rotatable bonds is 3. The monoisotopic (exact) mass is 485 g/mol. The number of esters is 1. The molecule has 1 aromatic carbocycles. The SMILES string of the molecule is CC(I)C(=O)OC1(c2ccc(I)cc2)CCNCC1. The zero-order chi connectivity index (χ0) is 13.9. The molecule has 104 valence electrons. The van der Waals surface area contributed by atoms with Gasteiger partial charge in [0.2, 0.25) is 0 Å².